The van der Waals surface area contributed by atoms with Crippen molar-refractivity contribution in [3.05, 3.63) is 29.7 Å². The van der Waals surface area contributed by atoms with Gasteiger partial charge in [0.05, 0.1) is 11.2 Å². The van der Waals surface area contributed by atoms with Crippen LogP contribution in [-0.4, -0.2) is 43.5 Å². The van der Waals surface area contributed by atoms with Crippen LogP contribution in [0.1, 0.15) is 27.7 Å². The molecule has 0 atom stereocenters. The van der Waals surface area contributed by atoms with Crippen molar-refractivity contribution in [3.63, 3.8) is 0 Å². The highest BCUT2D eigenvalue weighted by atomic mass is 16.7. The van der Waals surface area contributed by atoms with Crippen LogP contribution < -0.4 is 5.46 Å². The van der Waals surface area contributed by atoms with E-state index in [4.69, 9.17) is 15.9 Å². The second-order valence-electron chi connectivity index (χ2n) is 6.35. The number of hydrogen-bond acceptors (Lipinski definition) is 6. The molecule has 0 unspecified atom stereocenters. The van der Waals surface area contributed by atoms with Gasteiger partial charge in [0.1, 0.15) is 5.69 Å². The topological polar surface area (TPSA) is 79.3 Å². The Bertz CT molecular complexity index is 733. The van der Waals surface area contributed by atoms with Crippen LogP contribution in [0.25, 0.3) is 16.4 Å². The number of rotatable bonds is 3. The van der Waals surface area contributed by atoms with Gasteiger partial charge >= 0.3 is 13.8 Å². The maximum absolute atomic E-state index is 6.79. The molecule has 0 spiro atoms. The van der Waals surface area contributed by atoms with Gasteiger partial charge in [-0.15, -0.1) is 10.2 Å². The average Bonchev–Trinajstić information content (AvgIpc) is 3.03. The van der Waals surface area contributed by atoms with Gasteiger partial charge in [-0.2, -0.15) is 0 Å². The molecule has 1 aliphatic heterocycles. The lowest BCUT2D eigenvalue weighted by atomic mass is 9.80. The summed E-state index contributed by atoms with van der Waals surface area (Å²) < 4.78 is 12.0. The minimum absolute atomic E-state index is 0.0407. The molecule has 1 fully saturated rings. The second kappa shape index (κ2) is 5.40. The molecular weight excluding hydrogens is 295 g/mol. The molecule has 0 saturated carbocycles. The van der Waals surface area contributed by atoms with E-state index in [9.17, 15) is 0 Å². The molecule has 1 saturated heterocycles. The fourth-order valence-corrected chi connectivity index (χ4v) is 2.13. The van der Waals surface area contributed by atoms with Crippen LogP contribution in [0, 0.1) is 6.57 Å². The van der Waals surface area contributed by atoms with Crippen LogP contribution in [0.4, 0.5) is 0 Å². The molecule has 3 rings (SSSR count). The van der Waals surface area contributed by atoms with Gasteiger partial charge < -0.3 is 9.31 Å². The molecule has 0 bridgehead atoms. The first-order valence-corrected chi connectivity index (χ1v) is 7.25. The van der Waals surface area contributed by atoms with Crippen molar-refractivity contribution in [3.8, 4) is 11.5 Å². The quantitative estimate of drug-likeness (QED) is 0.619. The first-order chi connectivity index (χ1) is 10.8. The van der Waals surface area contributed by atoms with Gasteiger partial charge in [-0.1, -0.05) is 10.9 Å². The fourth-order valence-electron chi connectivity index (χ4n) is 2.13. The molecule has 2 aromatic rings. The van der Waals surface area contributed by atoms with Crippen LogP contribution >= 0.6 is 0 Å². The Morgan fingerprint density at radius 2 is 1.91 bits per heavy atom. The van der Waals surface area contributed by atoms with Crippen molar-refractivity contribution >= 4 is 12.6 Å². The third-order valence-corrected chi connectivity index (χ3v) is 4.19. The van der Waals surface area contributed by atoms with Crippen LogP contribution in [0.3, 0.4) is 0 Å². The van der Waals surface area contributed by atoms with Gasteiger partial charge in [-0.25, -0.2) is 6.57 Å². The zero-order valence-electron chi connectivity index (χ0n) is 13.5. The van der Waals surface area contributed by atoms with E-state index in [2.05, 4.69) is 25.2 Å². The molecule has 0 amide bonds. The Morgan fingerprint density at radius 3 is 2.48 bits per heavy atom. The van der Waals surface area contributed by atoms with Crippen molar-refractivity contribution in [1.82, 2.24) is 25.2 Å². The third kappa shape index (κ3) is 2.83. The third-order valence-electron chi connectivity index (χ3n) is 4.19. The summed E-state index contributed by atoms with van der Waals surface area (Å²) >= 11 is 0. The Balaban J connectivity index is 1.79. The SMILES string of the molecule is [C-]#[N+]Cn1nnc(-c2ccc(B3OC(C)(C)C(C)(C)O3)cn2)n1. The van der Waals surface area contributed by atoms with Crippen LogP contribution in [0.2, 0.25) is 0 Å². The van der Waals surface area contributed by atoms with Gasteiger partial charge in [-0.05, 0) is 39.0 Å². The van der Waals surface area contributed by atoms with E-state index >= 15 is 0 Å². The Kier molecular flexibility index (Phi) is 3.66. The lowest BCUT2D eigenvalue weighted by molar-refractivity contribution is 0.00578. The lowest BCUT2D eigenvalue weighted by Crippen LogP contribution is -2.41. The zero-order valence-corrected chi connectivity index (χ0v) is 13.5. The van der Waals surface area contributed by atoms with E-state index in [0.717, 1.165) is 5.46 Å². The molecule has 0 aliphatic carbocycles. The standard InChI is InChI=1S/C14H17BN6O2/c1-13(2)14(3,4)23-15(22-13)10-6-7-11(17-8-10)12-18-20-21(19-12)9-16-5/h6-8H,9H2,1-4H3. The predicted octanol–water partition coefficient (Wildman–Crippen LogP) is 0.911. The van der Waals surface area contributed by atoms with E-state index < -0.39 is 7.12 Å². The van der Waals surface area contributed by atoms with Crippen molar-refractivity contribution < 1.29 is 9.31 Å². The maximum Gasteiger partial charge on any atom is 0.496 e. The molecule has 9 heteroatoms. The number of hydrogen-bond donors (Lipinski definition) is 0. The molecule has 118 valence electrons. The van der Waals surface area contributed by atoms with E-state index in [1.807, 2.05) is 33.8 Å². The molecule has 8 nitrogen and oxygen atoms in total. The largest absolute Gasteiger partial charge is 0.496 e. The highest BCUT2D eigenvalue weighted by Gasteiger charge is 2.51. The summed E-state index contributed by atoms with van der Waals surface area (Å²) in [5.74, 6) is 0.383. The highest BCUT2D eigenvalue weighted by molar-refractivity contribution is 6.62. The number of tetrazole rings is 1. The van der Waals surface area contributed by atoms with E-state index in [-0.39, 0.29) is 17.9 Å². The maximum atomic E-state index is 6.79. The lowest BCUT2D eigenvalue weighted by Gasteiger charge is -2.32. The summed E-state index contributed by atoms with van der Waals surface area (Å²) in [5.41, 5.74) is 0.642. The second-order valence-corrected chi connectivity index (χ2v) is 6.35. The van der Waals surface area contributed by atoms with Gasteiger partial charge in [0.25, 0.3) is 0 Å². The summed E-state index contributed by atoms with van der Waals surface area (Å²) in [4.78, 5) is 8.78. The van der Waals surface area contributed by atoms with Crippen LogP contribution in [0.15, 0.2) is 18.3 Å². The van der Waals surface area contributed by atoms with Gasteiger partial charge in [-0.3, -0.25) is 9.83 Å². The van der Waals surface area contributed by atoms with Gasteiger partial charge in [0, 0.05) is 11.7 Å². The minimum Gasteiger partial charge on any atom is -0.399 e. The number of aromatic nitrogens is 5. The first kappa shape index (κ1) is 15.6. The summed E-state index contributed by atoms with van der Waals surface area (Å²) in [6.45, 7) is 14.9. The smallest absolute Gasteiger partial charge is 0.399 e. The minimum atomic E-state index is -0.452. The van der Waals surface area contributed by atoms with Crippen molar-refractivity contribution in [1.29, 1.82) is 0 Å². The number of pyridine rings is 1. The summed E-state index contributed by atoms with van der Waals surface area (Å²) in [6.07, 6.45) is 1.69. The number of nitrogens with zero attached hydrogens (tertiary/aromatic N) is 6. The van der Waals surface area contributed by atoms with E-state index in [1.54, 1.807) is 12.3 Å². The van der Waals surface area contributed by atoms with Gasteiger partial charge in [0.15, 0.2) is 0 Å². The molecule has 23 heavy (non-hydrogen) atoms. The van der Waals surface area contributed by atoms with Crippen molar-refractivity contribution in [2.24, 2.45) is 0 Å². The highest BCUT2D eigenvalue weighted by Crippen LogP contribution is 2.36. The average molecular weight is 312 g/mol. The summed E-state index contributed by atoms with van der Waals surface area (Å²) in [6, 6.07) is 3.67. The normalized spacial score (nSPS) is 18.8. The molecule has 0 N–H and O–H groups in total. The summed E-state index contributed by atoms with van der Waals surface area (Å²) in [5, 5.41) is 11.8. The monoisotopic (exact) mass is 312 g/mol. The predicted molar refractivity (Wildman–Crippen MR) is 83.4 cm³/mol. The molecule has 0 radical (unpaired) electrons. The van der Waals surface area contributed by atoms with Gasteiger partial charge in [0.2, 0.25) is 5.82 Å². The summed E-state index contributed by atoms with van der Waals surface area (Å²) in [7, 11) is -0.452. The zero-order chi connectivity index (χ0) is 16.7. The first-order valence-electron chi connectivity index (χ1n) is 7.25. The molecule has 0 aromatic carbocycles. The van der Waals surface area contributed by atoms with E-state index in [1.165, 1.54) is 4.80 Å². The van der Waals surface area contributed by atoms with E-state index in [0.29, 0.717) is 11.5 Å². The fraction of sp³-hybridized carbons (Fsp3) is 0.500. The molecule has 2 aromatic heterocycles. The van der Waals surface area contributed by atoms with Crippen molar-refractivity contribution in [2.75, 3.05) is 0 Å². The van der Waals surface area contributed by atoms with Crippen LogP contribution in [0.5, 0.6) is 0 Å². The van der Waals surface area contributed by atoms with Crippen LogP contribution in [-0.2, 0) is 16.0 Å². The molecular formula is C14H17BN6O2. The Morgan fingerprint density at radius 1 is 1.22 bits per heavy atom. The molecule has 3 heterocycles. The van der Waals surface area contributed by atoms with Crippen molar-refractivity contribution in [2.45, 2.75) is 45.6 Å². The molecule has 1 aliphatic rings. The Labute approximate surface area is 134 Å². The Hall–Kier alpha value is -2.31.